The van der Waals surface area contributed by atoms with E-state index in [1.807, 2.05) is 13.8 Å². The summed E-state index contributed by atoms with van der Waals surface area (Å²) in [7, 11) is 0. The van der Waals surface area contributed by atoms with E-state index < -0.39 is 0 Å². The van der Waals surface area contributed by atoms with Crippen molar-refractivity contribution in [3.63, 3.8) is 0 Å². The van der Waals surface area contributed by atoms with Crippen LogP contribution in [0.4, 0.5) is 0 Å². The largest absolute Gasteiger partial charge is 0.392 e. The first-order valence-corrected chi connectivity index (χ1v) is 13.8. The van der Waals surface area contributed by atoms with Gasteiger partial charge in [0.05, 0.1) is 12.2 Å². The van der Waals surface area contributed by atoms with Crippen molar-refractivity contribution in [1.29, 1.82) is 0 Å². The number of aliphatic hydroxyl groups excluding tert-OH is 2. The van der Waals surface area contributed by atoms with Crippen LogP contribution in [0.1, 0.15) is 124 Å². The SMILES string of the molecule is CCCCCCCCN(CCCCCN(CCCCCCCC)CC(C)O)CC(C)O. The summed E-state index contributed by atoms with van der Waals surface area (Å²) >= 11 is 0. The van der Waals surface area contributed by atoms with Gasteiger partial charge in [0.15, 0.2) is 0 Å². The number of unbranched alkanes of at least 4 members (excludes halogenated alkanes) is 12. The van der Waals surface area contributed by atoms with E-state index in [0.29, 0.717) is 0 Å². The normalized spacial score (nSPS) is 13.9. The van der Waals surface area contributed by atoms with Gasteiger partial charge in [0.25, 0.3) is 0 Å². The lowest BCUT2D eigenvalue weighted by molar-refractivity contribution is 0.119. The van der Waals surface area contributed by atoms with Gasteiger partial charge in [-0.3, -0.25) is 0 Å². The topological polar surface area (TPSA) is 46.9 Å². The summed E-state index contributed by atoms with van der Waals surface area (Å²) in [6.45, 7) is 14.4. The van der Waals surface area contributed by atoms with Crippen LogP contribution in [0.5, 0.6) is 0 Å². The molecule has 0 aromatic rings. The van der Waals surface area contributed by atoms with Gasteiger partial charge in [-0.2, -0.15) is 0 Å². The fourth-order valence-corrected chi connectivity index (χ4v) is 4.42. The molecule has 0 aliphatic carbocycles. The Kier molecular flexibility index (Phi) is 22.9. The number of hydrogen-bond donors (Lipinski definition) is 2. The third-order valence-electron chi connectivity index (χ3n) is 6.15. The average Bonchev–Trinajstić information content (AvgIpc) is 2.71. The molecule has 0 radical (unpaired) electrons. The van der Waals surface area contributed by atoms with Crippen LogP contribution >= 0.6 is 0 Å². The van der Waals surface area contributed by atoms with E-state index >= 15 is 0 Å². The van der Waals surface area contributed by atoms with Gasteiger partial charge in [0, 0.05) is 13.1 Å². The second-order valence-corrected chi connectivity index (χ2v) is 9.90. The maximum Gasteiger partial charge on any atom is 0.0639 e. The summed E-state index contributed by atoms with van der Waals surface area (Å²) in [6, 6.07) is 0. The summed E-state index contributed by atoms with van der Waals surface area (Å²) in [4.78, 5) is 4.93. The lowest BCUT2D eigenvalue weighted by atomic mass is 10.1. The summed E-state index contributed by atoms with van der Waals surface area (Å²) in [5, 5.41) is 19.7. The molecule has 0 saturated heterocycles. The molecule has 2 N–H and O–H groups in total. The maximum atomic E-state index is 9.83. The molecular formula is C27H58N2O2. The van der Waals surface area contributed by atoms with Crippen molar-refractivity contribution in [2.45, 2.75) is 136 Å². The Morgan fingerprint density at radius 1 is 0.452 bits per heavy atom. The summed E-state index contributed by atoms with van der Waals surface area (Å²) in [5.41, 5.74) is 0. The Hall–Kier alpha value is -0.160. The average molecular weight is 443 g/mol. The lowest BCUT2D eigenvalue weighted by Gasteiger charge is -2.25. The van der Waals surface area contributed by atoms with Gasteiger partial charge in [0.1, 0.15) is 0 Å². The van der Waals surface area contributed by atoms with E-state index in [9.17, 15) is 10.2 Å². The van der Waals surface area contributed by atoms with Crippen LogP contribution in [0.2, 0.25) is 0 Å². The zero-order valence-corrected chi connectivity index (χ0v) is 21.8. The van der Waals surface area contributed by atoms with E-state index in [1.165, 1.54) is 96.3 Å². The molecule has 0 bridgehead atoms. The minimum atomic E-state index is -0.237. The van der Waals surface area contributed by atoms with Crippen molar-refractivity contribution >= 4 is 0 Å². The fourth-order valence-electron chi connectivity index (χ4n) is 4.42. The molecule has 0 aromatic heterocycles. The van der Waals surface area contributed by atoms with Crippen molar-refractivity contribution in [1.82, 2.24) is 9.80 Å². The predicted molar refractivity (Wildman–Crippen MR) is 137 cm³/mol. The van der Waals surface area contributed by atoms with Crippen molar-refractivity contribution in [3.8, 4) is 0 Å². The third-order valence-corrected chi connectivity index (χ3v) is 6.15. The molecule has 0 rings (SSSR count). The molecule has 31 heavy (non-hydrogen) atoms. The predicted octanol–water partition coefficient (Wildman–Crippen LogP) is 6.24. The second kappa shape index (κ2) is 23.0. The zero-order valence-electron chi connectivity index (χ0n) is 21.8. The van der Waals surface area contributed by atoms with Gasteiger partial charge in [-0.15, -0.1) is 0 Å². The Morgan fingerprint density at radius 2 is 0.710 bits per heavy atom. The minimum absolute atomic E-state index is 0.237. The van der Waals surface area contributed by atoms with Gasteiger partial charge >= 0.3 is 0 Å². The fraction of sp³-hybridized carbons (Fsp3) is 1.00. The standard InChI is InChI=1S/C27H58N2O2/c1-5-7-9-11-13-16-20-28(24-26(3)30)22-18-15-19-23-29(25-27(4)31)21-17-14-12-10-8-6-2/h26-27,30-31H,5-25H2,1-4H3. The molecule has 0 fully saturated rings. The Labute approximate surface area is 195 Å². The van der Waals surface area contributed by atoms with Gasteiger partial charge in [-0.1, -0.05) is 84.5 Å². The van der Waals surface area contributed by atoms with Gasteiger partial charge < -0.3 is 20.0 Å². The molecule has 0 spiro atoms. The molecule has 0 aromatic carbocycles. The van der Waals surface area contributed by atoms with Crippen molar-refractivity contribution in [3.05, 3.63) is 0 Å². The van der Waals surface area contributed by atoms with Crippen LogP contribution in [-0.2, 0) is 0 Å². The number of nitrogens with zero attached hydrogens (tertiary/aromatic N) is 2. The number of aliphatic hydroxyl groups is 2. The van der Waals surface area contributed by atoms with Crippen LogP contribution in [-0.4, -0.2) is 71.5 Å². The van der Waals surface area contributed by atoms with Crippen LogP contribution in [0, 0.1) is 0 Å². The minimum Gasteiger partial charge on any atom is -0.392 e. The highest BCUT2D eigenvalue weighted by Crippen LogP contribution is 2.10. The summed E-state index contributed by atoms with van der Waals surface area (Å²) < 4.78 is 0. The molecule has 0 heterocycles. The molecule has 0 saturated carbocycles. The monoisotopic (exact) mass is 442 g/mol. The molecule has 0 aliphatic heterocycles. The first-order chi connectivity index (χ1) is 15.0. The molecule has 2 unspecified atom stereocenters. The van der Waals surface area contributed by atoms with Crippen LogP contribution < -0.4 is 0 Å². The first kappa shape index (κ1) is 30.8. The highest BCUT2D eigenvalue weighted by molar-refractivity contribution is 4.65. The Morgan fingerprint density at radius 3 is 1.00 bits per heavy atom. The van der Waals surface area contributed by atoms with E-state index in [4.69, 9.17) is 0 Å². The van der Waals surface area contributed by atoms with E-state index in [-0.39, 0.29) is 12.2 Å². The summed E-state index contributed by atoms with van der Waals surface area (Å²) in [6.07, 6.45) is 19.1. The van der Waals surface area contributed by atoms with Crippen molar-refractivity contribution < 1.29 is 10.2 Å². The number of rotatable bonds is 24. The molecule has 188 valence electrons. The molecule has 0 amide bonds. The van der Waals surface area contributed by atoms with E-state index in [1.54, 1.807) is 0 Å². The third kappa shape index (κ3) is 22.8. The lowest BCUT2D eigenvalue weighted by Crippen LogP contribution is -2.34. The van der Waals surface area contributed by atoms with E-state index in [2.05, 4.69) is 23.6 Å². The van der Waals surface area contributed by atoms with Crippen LogP contribution in [0.15, 0.2) is 0 Å². The van der Waals surface area contributed by atoms with Crippen molar-refractivity contribution in [2.24, 2.45) is 0 Å². The smallest absolute Gasteiger partial charge is 0.0639 e. The quantitative estimate of drug-likeness (QED) is 0.174. The molecular weight excluding hydrogens is 384 g/mol. The number of hydrogen-bond acceptors (Lipinski definition) is 4. The first-order valence-electron chi connectivity index (χ1n) is 13.8. The van der Waals surface area contributed by atoms with Crippen LogP contribution in [0.3, 0.4) is 0 Å². The van der Waals surface area contributed by atoms with E-state index in [0.717, 1.165) is 39.3 Å². The van der Waals surface area contributed by atoms with Crippen molar-refractivity contribution in [2.75, 3.05) is 39.3 Å². The highest BCUT2D eigenvalue weighted by atomic mass is 16.3. The van der Waals surface area contributed by atoms with Gasteiger partial charge in [0.2, 0.25) is 0 Å². The van der Waals surface area contributed by atoms with Crippen LogP contribution in [0.25, 0.3) is 0 Å². The summed E-state index contributed by atoms with van der Waals surface area (Å²) in [5.74, 6) is 0. The Bertz CT molecular complexity index is 318. The highest BCUT2D eigenvalue weighted by Gasteiger charge is 2.10. The second-order valence-electron chi connectivity index (χ2n) is 9.90. The zero-order chi connectivity index (χ0) is 23.2. The van der Waals surface area contributed by atoms with Gasteiger partial charge in [-0.25, -0.2) is 0 Å². The maximum absolute atomic E-state index is 9.83. The molecule has 0 aliphatic rings. The van der Waals surface area contributed by atoms with Gasteiger partial charge in [-0.05, 0) is 65.7 Å². The Balaban J connectivity index is 4.01. The molecule has 4 nitrogen and oxygen atoms in total. The molecule has 2 atom stereocenters. The molecule has 4 heteroatoms.